The van der Waals surface area contributed by atoms with Gasteiger partial charge in [0.25, 0.3) is 0 Å². The highest BCUT2D eigenvalue weighted by Crippen LogP contribution is 2.19. The van der Waals surface area contributed by atoms with Crippen LogP contribution in [0, 0.1) is 0 Å². The second kappa shape index (κ2) is 3.66. The molecule has 2 aromatic rings. The van der Waals surface area contributed by atoms with Gasteiger partial charge < -0.3 is 10.3 Å². The molecule has 78 valence electrons. The van der Waals surface area contributed by atoms with Crippen LogP contribution < -0.4 is 5.32 Å². The van der Waals surface area contributed by atoms with Crippen LogP contribution in [0.5, 0.6) is 0 Å². The Labute approximate surface area is 88.9 Å². The number of nitrogens with zero attached hydrogens (tertiary/aromatic N) is 1. The maximum atomic E-state index is 4.42. The van der Waals surface area contributed by atoms with E-state index < -0.39 is 0 Å². The van der Waals surface area contributed by atoms with Gasteiger partial charge in [-0.2, -0.15) is 0 Å². The number of pyridine rings is 1. The molecule has 0 unspecified atom stereocenters. The SMILES string of the molecule is c1cnc2c(C[C@H]3CCCN3)c[nH]c2c1. The maximum absolute atomic E-state index is 4.42. The van der Waals surface area contributed by atoms with E-state index in [0.717, 1.165) is 17.5 Å². The Bertz CT molecular complexity index is 455. The van der Waals surface area contributed by atoms with Gasteiger partial charge in [0, 0.05) is 18.4 Å². The van der Waals surface area contributed by atoms with Crippen LogP contribution in [0.3, 0.4) is 0 Å². The highest BCUT2D eigenvalue weighted by Gasteiger charge is 2.16. The fourth-order valence-corrected chi connectivity index (χ4v) is 2.36. The van der Waals surface area contributed by atoms with Crippen LogP contribution in [0.25, 0.3) is 11.0 Å². The molecule has 3 heteroatoms. The molecule has 1 atom stereocenters. The van der Waals surface area contributed by atoms with E-state index in [2.05, 4.69) is 27.5 Å². The molecule has 15 heavy (non-hydrogen) atoms. The average Bonchev–Trinajstić information content (AvgIpc) is 2.89. The number of aromatic nitrogens is 2. The van der Waals surface area contributed by atoms with E-state index in [4.69, 9.17) is 0 Å². The van der Waals surface area contributed by atoms with E-state index >= 15 is 0 Å². The summed E-state index contributed by atoms with van der Waals surface area (Å²) in [6, 6.07) is 4.69. The number of aromatic amines is 1. The predicted octanol–water partition coefficient (Wildman–Crippen LogP) is 1.86. The van der Waals surface area contributed by atoms with Gasteiger partial charge in [0.2, 0.25) is 0 Å². The number of nitrogens with one attached hydrogen (secondary N) is 2. The lowest BCUT2D eigenvalue weighted by Crippen LogP contribution is -2.23. The number of rotatable bonds is 2. The first-order valence-corrected chi connectivity index (χ1v) is 5.58. The van der Waals surface area contributed by atoms with Gasteiger partial charge in [0.1, 0.15) is 0 Å². The van der Waals surface area contributed by atoms with E-state index in [-0.39, 0.29) is 0 Å². The fourth-order valence-electron chi connectivity index (χ4n) is 2.36. The highest BCUT2D eigenvalue weighted by atomic mass is 14.9. The molecule has 2 N–H and O–H groups in total. The van der Waals surface area contributed by atoms with Gasteiger partial charge in [0.05, 0.1) is 11.0 Å². The summed E-state index contributed by atoms with van der Waals surface area (Å²) in [5, 5.41) is 3.52. The number of H-pyrrole nitrogens is 1. The van der Waals surface area contributed by atoms with Crippen molar-refractivity contribution in [2.45, 2.75) is 25.3 Å². The van der Waals surface area contributed by atoms with Crippen molar-refractivity contribution in [3.05, 3.63) is 30.1 Å². The molecule has 1 aliphatic rings. The first-order chi connectivity index (χ1) is 7.43. The highest BCUT2D eigenvalue weighted by molar-refractivity contribution is 5.78. The van der Waals surface area contributed by atoms with E-state index in [1.807, 2.05) is 12.3 Å². The molecule has 0 spiro atoms. The molecule has 1 fully saturated rings. The summed E-state index contributed by atoms with van der Waals surface area (Å²) in [6.45, 7) is 1.17. The zero-order chi connectivity index (χ0) is 10.1. The Morgan fingerprint density at radius 2 is 2.47 bits per heavy atom. The summed E-state index contributed by atoms with van der Waals surface area (Å²) in [5.41, 5.74) is 3.61. The Kier molecular flexibility index (Phi) is 2.18. The molecule has 3 rings (SSSR count). The number of hydrogen-bond donors (Lipinski definition) is 2. The molecule has 0 aromatic carbocycles. The third kappa shape index (κ3) is 1.63. The topological polar surface area (TPSA) is 40.7 Å². The van der Waals surface area contributed by atoms with Gasteiger partial charge in [-0.3, -0.25) is 4.98 Å². The molecule has 0 bridgehead atoms. The van der Waals surface area contributed by atoms with Crippen molar-refractivity contribution in [1.29, 1.82) is 0 Å². The first kappa shape index (κ1) is 8.92. The molecule has 2 aromatic heterocycles. The van der Waals surface area contributed by atoms with Gasteiger partial charge in [-0.05, 0) is 43.5 Å². The van der Waals surface area contributed by atoms with Gasteiger partial charge >= 0.3 is 0 Å². The lowest BCUT2D eigenvalue weighted by Gasteiger charge is -2.07. The van der Waals surface area contributed by atoms with Gasteiger partial charge in [-0.25, -0.2) is 0 Å². The summed E-state index contributed by atoms with van der Waals surface area (Å²) in [7, 11) is 0. The van der Waals surface area contributed by atoms with Crippen LogP contribution >= 0.6 is 0 Å². The van der Waals surface area contributed by atoms with Crippen molar-refractivity contribution in [3.8, 4) is 0 Å². The van der Waals surface area contributed by atoms with Crippen molar-refractivity contribution in [1.82, 2.24) is 15.3 Å². The second-order valence-electron chi connectivity index (χ2n) is 4.21. The van der Waals surface area contributed by atoms with Gasteiger partial charge in [-0.1, -0.05) is 0 Å². The summed E-state index contributed by atoms with van der Waals surface area (Å²) < 4.78 is 0. The van der Waals surface area contributed by atoms with E-state index in [0.29, 0.717) is 6.04 Å². The fraction of sp³-hybridized carbons (Fsp3) is 0.417. The summed E-state index contributed by atoms with van der Waals surface area (Å²) in [5.74, 6) is 0. The van der Waals surface area contributed by atoms with Crippen LogP contribution in [0.1, 0.15) is 18.4 Å². The Hall–Kier alpha value is -1.35. The molecule has 0 amide bonds. The van der Waals surface area contributed by atoms with Crippen LogP contribution in [0.2, 0.25) is 0 Å². The molecule has 1 aliphatic heterocycles. The van der Waals surface area contributed by atoms with E-state index in [1.54, 1.807) is 0 Å². The van der Waals surface area contributed by atoms with Crippen LogP contribution in [0.15, 0.2) is 24.5 Å². The molecule has 0 saturated carbocycles. The van der Waals surface area contributed by atoms with Crippen LogP contribution in [-0.2, 0) is 6.42 Å². The minimum absolute atomic E-state index is 0.644. The number of fused-ring (bicyclic) bond motifs is 1. The van der Waals surface area contributed by atoms with Crippen molar-refractivity contribution in [2.24, 2.45) is 0 Å². The van der Waals surface area contributed by atoms with Gasteiger partial charge in [-0.15, -0.1) is 0 Å². The third-order valence-corrected chi connectivity index (χ3v) is 3.14. The Morgan fingerprint density at radius 1 is 1.47 bits per heavy atom. The third-order valence-electron chi connectivity index (χ3n) is 3.14. The molecular formula is C12H15N3. The Balaban J connectivity index is 1.90. The minimum atomic E-state index is 0.644. The summed E-state index contributed by atoms with van der Waals surface area (Å²) in [6.07, 6.45) is 7.65. The van der Waals surface area contributed by atoms with Gasteiger partial charge in [0.15, 0.2) is 0 Å². The predicted molar refractivity (Wildman–Crippen MR) is 60.8 cm³/mol. The Morgan fingerprint density at radius 3 is 3.33 bits per heavy atom. The molecule has 1 saturated heterocycles. The van der Waals surface area contributed by atoms with Crippen molar-refractivity contribution < 1.29 is 0 Å². The smallest absolute Gasteiger partial charge is 0.0911 e. The molecule has 0 aliphatic carbocycles. The van der Waals surface area contributed by atoms with Crippen molar-refractivity contribution in [3.63, 3.8) is 0 Å². The zero-order valence-electron chi connectivity index (χ0n) is 8.66. The first-order valence-electron chi connectivity index (χ1n) is 5.58. The second-order valence-corrected chi connectivity index (χ2v) is 4.21. The molecular weight excluding hydrogens is 186 g/mol. The lowest BCUT2D eigenvalue weighted by molar-refractivity contribution is 0.604. The van der Waals surface area contributed by atoms with E-state index in [9.17, 15) is 0 Å². The molecule has 3 nitrogen and oxygen atoms in total. The van der Waals surface area contributed by atoms with E-state index in [1.165, 1.54) is 24.9 Å². The maximum Gasteiger partial charge on any atom is 0.0911 e. The normalized spacial score (nSPS) is 21.2. The summed E-state index contributed by atoms with van der Waals surface area (Å²) in [4.78, 5) is 7.70. The molecule has 0 radical (unpaired) electrons. The monoisotopic (exact) mass is 201 g/mol. The largest absolute Gasteiger partial charge is 0.360 e. The van der Waals surface area contributed by atoms with Crippen LogP contribution in [0.4, 0.5) is 0 Å². The lowest BCUT2D eigenvalue weighted by atomic mass is 10.1. The summed E-state index contributed by atoms with van der Waals surface area (Å²) >= 11 is 0. The van der Waals surface area contributed by atoms with Crippen LogP contribution in [-0.4, -0.2) is 22.6 Å². The van der Waals surface area contributed by atoms with Crippen molar-refractivity contribution in [2.75, 3.05) is 6.54 Å². The van der Waals surface area contributed by atoms with Crippen molar-refractivity contribution >= 4 is 11.0 Å². The number of hydrogen-bond acceptors (Lipinski definition) is 2. The zero-order valence-corrected chi connectivity index (χ0v) is 8.66. The quantitative estimate of drug-likeness (QED) is 0.778. The minimum Gasteiger partial charge on any atom is -0.360 e. The molecule has 3 heterocycles. The average molecular weight is 201 g/mol. The standard InChI is InChI=1S/C12H15N3/c1-3-10(13-5-1)7-9-8-15-11-4-2-6-14-12(9)11/h2,4,6,8,10,13,15H,1,3,5,7H2/t10-/m1/s1.